The van der Waals surface area contributed by atoms with E-state index in [0.29, 0.717) is 11.4 Å². The smallest absolute Gasteiger partial charge is 0.0999 e. The second-order valence-electron chi connectivity index (χ2n) is 12.6. The Morgan fingerprint density at radius 2 is 0.640 bits per heavy atom. The summed E-state index contributed by atoms with van der Waals surface area (Å²) in [7, 11) is 0. The zero-order chi connectivity index (χ0) is 34.5. The van der Waals surface area contributed by atoms with Gasteiger partial charge >= 0.3 is 0 Å². The van der Waals surface area contributed by atoms with Crippen molar-refractivity contribution in [2.75, 3.05) is 9.80 Å². The molecule has 0 N–H and O–H groups in total. The van der Waals surface area contributed by atoms with Crippen molar-refractivity contribution in [3.8, 4) is 35.4 Å². The van der Waals surface area contributed by atoms with Crippen molar-refractivity contribution in [1.29, 1.82) is 21.0 Å². The molecule has 0 radical (unpaired) electrons. The highest BCUT2D eigenvalue weighted by Crippen LogP contribution is 2.52. The Morgan fingerprint density at radius 1 is 0.400 bits per heavy atom. The van der Waals surface area contributed by atoms with Crippen LogP contribution in [0.1, 0.15) is 70.2 Å². The van der Waals surface area contributed by atoms with E-state index >= 15 is 0 Å². The summed E-state index contributed by atoms with van der Waals surface area (Å²) in [4.78, 5) is 4.17. The Morgan fingerprint density at radius 3 is 0.880 bits per heavy atom. The monoisotopic (exact) mass is 640 g/mol. The molecule has 0 amide bonds. The summed E-state index contributed by atoms with van der Waals surface area (Å²) in [5.41, 5.74) is 11.1. The Hall–Kier alpha value is -7.12. The van der Waals surface area contributed by atoms with E-state index in [-0.39, 0.29) is 45.2 Å². The van der Waals surface area contributed by atoms with Crippen molar-refractivity contribution in [3.05, 3.63) is 166 Å². The second-order valence-corrected chi connectivity index (χ2v) is 12.6. The van der Waals surface area contributed by atoms with E-state index in [1.165, 1.54) is 0 Å². The van der Waals surface area contributed by atoms with Gasteiger partial charge in [0.15, 0.2) is 0 Å². The van der Waals surface area contributed by atoms with Crippen LogP contribution in [0.2, 0.25) is 0 Å². The van der Waals surface area contributed by atoms with Crippen LogP contribution in [0.5, 0.6) is 0 Å². The Bertz CT molecular complexity index is 2210. The number of hydrogen-bond donors (Lipinski definition) is 0. The van der Waals surface area contributed by atoms with E-state index in [9.17, 15) is 21.0 Å². The molecule has 50 heavy (non-hydrogen) atoms. The lowest BCUT2D eigenvalue weighted by atomic mass is 9.84. The molecule has 0 fully saturated rings. The van der Waals surface area contributed by atoms with Gasteiger partial charge in [0.1, 0.15) is 0 Å². The molecule has 0 atom stereocenters. The normalized spacial score (nSPS) is 13.1. The summed E-state index contributed by atoms with van der Waals surface area (Å²) in [5, 5.41) is 42.5. The van der Waals surface area contributed by atoms with Gasteiger partial charge in [0.25, 0.3) is 0 Å². The summed E-state index contributed by atoms with van der Waals surface area (Å²) in [6, 6.07) is 48.9. The predicted molar refractivity (Wildman–Crippen MR) is 195 cm³/mol. The maximum atomic E-state index is 10.6. The first-order valence-electron chi connectivity index (χ1n) is 16.4. The summed E-state index contributed by atoms with van der Waals surface area (Å²) in [6.07, 6.45) is 0. The lowest BCUT2D eigenvalue weighted by Crippen LogP contribution is -2.21. The zero-order valence-corrected chi connectivity index (χ0v) is 27.4. The Kier molecular flexibility index (Phi) is 7.16. The van der Waals surface area contributed by atoms with Crippen LogP contribution >= 0.6 is 0 Å². The first-order valence-corrected chi connectivity index (χ1v) is 16.4. The van der Waals surface area contributed by atoms with E-state index < -0.39 is 0 Å². The summed E-state index contributed by atoms with van der Waals surface area (Å²) in [6.45, 7) is 4.36. The topological polar surface area (TPSA) is 102 Å². The molecule has 0 aliphatic carbocycles. The van der Waals surface area contributed by atoms with Crippen LogP contribution in [0.4, 0.5) is 34.1 Å². The van der Waals surface area contributed by atoms with Gasteiger partial charge < -0.3 is 9.80 Å². The minimum Gasteiger partial charge on any atom is -0.310 e. The number of hydrogen-bond acceptors (Lipinski definition) is 6. The molecule has 0 saturated carbocycles. The van der Waals surface area contributed by atoms with Crippen LogP contribution in [0, 0.1) is 45.3 Å². The standard InChI is InChI=1S/C44H28N6/c1-27-35-11-3-7-15-39(35)49(40-16-8-4-12-36(27)40)33-19-29(23-45)43(30(20-33)24-46)44-31(25-47)21-34(22-32(44)26-48)50-41-17-9-5-13-37(41)28(2)38-14-6-10-18-42(38)50/h3-22,27-28H,1-2H3. The highest BCUT2D eigenvalue weighted by atomic mass is 15.2. The quantitative estimate of drug-likeness (QED) is 0.191. The van der Waals surface area contributed by atoms with Gasteiger partial charge in [-0.3, -0.25) is 0 Å². The highest BCUT2D eigenvalue weighted by Gasteiger charge is 2.32. The molecule has 2 heterocycles. The van der Waals surface area contributed by atoms with Gasteiger partial charge in [-0.25, -0.2) is 0 Å². The van der Waals surface area contributed by atoms with Crippen molar-refractivity contribution in [1.82, 2.24) is 0 Å². The van der Waals surface area contributed by atoms with Crippen LogP contribution in [0.3, 0.4) is 0 Å². The number of nitrogens with zero attached hydrogens (tertiary/aromatic N) is 6. The molecule has 0 aromatic heterocycles. The minimum absolute atomic E-state index is 0.153. The molecule has 6 aromatic rings. The SMILES string of the molecule is CC1c2ccccc2N(c2cc(C#N)c(-c3c(C#N)cc(N4c5ccccc5C(C)c5ccccc54)cc3C#N)c(C#N)c2)c2ccccc21. The minimum atomic E-state index is 0.153. The van der Waals surface area contributed by atoms with Crippen molar-refractivity contribution in [3.63, 3.8) is 0 Å². The lowest BCUT2D eigenvalue weighted by molar-refractivity contribution is 0.891. The molecular weight excluding hydrogens is 613 g/mol. The van der Waals surface area contributed by atoms with Crippen LogP contribution < -0.4 is 9.80 Å². The second kappa shape index (κ2) is 11.8. The molecule has 0 spiro atoms. The molecule has 8 rings (SSSR count). The number of para-hydroxylation sites is 4. The summed E-state index contributed by atoms with van der Waals surface area (Å²) < 4.78 is 0. The molecule has 234 valence electrons. The van der Waals surface area contributed by atoms with Crippen LogP contribution in [-0.4, -0.2) is 0 Å². The van der Waals surface area contributed by atoms with Crippen molar-refractivity contribution in [2.45, 2.75) is 25.7 Å². The molecule has 6 heteroatoms. The molecular formula is C44H28N6. The van der Waals surface area contributed by atoms with Gasteiger partial charge in [-0.2, -0.15) is 21.0 Å². The van der Waals surface area contributed by atoms with Crippen molar-refractivity contribution < 1.29 is 0 Å². The average Bonchev–Trinajstić information content (AvgIpc) is 3.17. The fourth-order valence-electron chi connectivity index (χ4n) is 7.78. The number of benzene rings is 6. The maximum Gasteiger partial charge on any atom is 0.0999 e. The lowest BCUT2D eigenvalue weighted by Gasteiger charge is -2.37. The first kappa shape index (κ1) is 30.2. The van der Waals surface area contributed by atoms with E-state index in [4.69, 9.17) is 0 Å². The van der Waals surface area contributed by atoms with E-state index in [1.54, 1.807) is 24.3 Å². The van der Waals surface area contributed by atoms with Gasteiger partial charge in [0.2, 0.25) is 0 Å². The highest BCUT2D eigenvalue weighted by molar-refractivity contribution is 5.93. The number of nitriles is 4. The van der Waals surface area contributed by atoms with Crippen LogP contribution in [-0.2, 0) is 0 Å². The molecule has 6 nitrogen and oxygen atoms in total. The third kappa shape index (κ3) is 4.45. The third-order valence-corrected chi connectivity index (χ3v) is 10.1. The fourth-order valence-corrected chi connectivity index (χ4v) is 7.78. The first-order chi connectivity index (χ1) is 24.5. The largest absolute Gasteiger partial charge is 0.310 e. The molecule has 0 saturated heterocycles. The molecule has 0 unspecified atom stereocenters. The van der Waals surface area contributed by atoms with Crippen molar-refractivity contribution in [2.24, 2.45) is 0 Å². The molecule has 0 bridgehead atoms. The predicted octanol–water partition coefficient (Wildman–Crippen LogP) is 10.7. The number of rotatable bonds is 3. The van der Waals surface area contributed by atoms with Gasteiger partial charge in [-0.05, 0) is 70.8 Å². The summed E-state index contributed by atoms with van der Waals surface area (Å²) >= 11 is 0. The van der Waals surface area contributed by atoms with Gasteiger partial charge in [0, 0.05) is 57.1 Å². The van der Waals surface area contributed by atoms with E-state index in [0.717, 1.165) is 45.0 Å². The van der Waals surface area contributed by atoms with Crippen LogP contribution in [0.25, 0.3) is 11.1 Å². The Balaban J connectivity index is 1.34. The maximum absolute atomic E-state index is 10.6. The third-order valence-electron chi connectivity index (χ3n) is 10.1. The molecule has 6 aromatic carbocycles. The van der Waals surface area contributed by atoms with Gasteiger partial charge in [0.05, 0.1) is 46.5 Å². The zero-order valence-electron chi connectivity index (χ0n) is 27.4. The van der Waals surface area contributed by atoms with Gasteiger partial charge in [-0.15, -0.1) is 0 Å². The average molecular weight is 641 g/mol. The van der Waals surface area contributed by atoms with Crippen LogP contribution in [0.15, 0.2) is 121 Å². The number of fused-ring (bicyclic) bond motifs is 4. The molecule has 2 aliphatic rings. The fraction of sp³-hybridized carbons (Fsp3) is 0.0909. The summed E-state index contributed by atoms with van der Waals surface area (Å²) in [5.74, 6) is 0.307. The molecule has 2 aliphatic heterocycles. The van der Waals surface area contributed by atoms with Gasteiger partial charge in [-0.1, -0.05) is 86.6 Å². The van der Waals surface area contributed by atoms with Crippen molar-refractivity contribution >= 4 is 34.1 Å². The number of anilines is 6. The van der Waals surface area contributed by atoms with E-state index in [1.807, 2.05) is 72.8 Å². The van der Waals surface area contributed by atoms with E-state index in [2.05, 4.69) is 72.2 Å². The Labute approximate surface area is 291 Å².